The number of hydrogen-bond acceptors (Lipinski definition) is 5. The van der Waals surface area contributed by atoms with Gasteiger partial charge in [0.2, 0.25) is 5.91 Å². The smallest absolute Gasteiger partial charge is 0.251 e. The Morgan fingerprint density at radius 1 is 0.939 bits per heavy atom. The molecule has 0 spiro atoms. The van der Waals surface area contributed by atoms with Crippen LogP contribution in [0.4, 0.5) is 0 Å². The Kier molecular flexibility index (Phi) is 8.41. The lowest BCUT2D eigenvalue weighted by atomic mass is 10.1. The summed E-state index contributed by atoms with van der Waals surface area (Å²) < 4.78 is 11.4. The third kappa shape index (κ3) is 7.07. The minimum absolute atomic E-state index is 0.152. The van der Waals surface area contributed by atoms with E-state index in [1.807, 2.05) is 50.2 Å². The van der Waals surface area contributed by atoms with E-state index < -0.39 is 0 Å². The number of nitrogens with zero attached hydrogens (tertiary/aromatic N) is 1. The second kappa shape index (κ2) is 11.7. The highest BCUT2D eigenvalue weighted by atomic mass is 16.5. The third-order valence-corrected chi connectivity index (χ3v) is 5.11. The molecule has 1 aromatic heterocycles. The summed E-state index contributed by atoms with van der Waals surface area (Å²) in [6.07, 6.45) is 3.61. The van der Waals surface area contributed by atoms with E-state index >= 15 is 0 Å². The summed E-state index contributed by atoms with van der Waals surface area (Å²) in [5.74, 6) is 0.858. The van der Waals surface area contributed by atoms with E-state index in [2.05, 4.69) is 15.6 Å². The van der Waals surface area contributed by atoms with Gasteiger partial charge in [0.05, 0.1) is 13.2 Å². The number of methoxy groups -OCH3 is 1. The van der Waals surface area contributed by atoms with Crippen molar-refractivity contribution < 1.29 is 19.1 Å². The largest absolute Gasteiger partial charge is 0.493 e. The topological polar surface area (TPSA) is 89.6 Å². The number of amides is 2. The van der Waals surface area contributed by atoms with E-state index in [0.29, 0.717) is 23.7 Å². The maximum absolute atomic E-state index is 12.5. The van der Waals surface area contributed by atoms with Gasteiger partial charge in [-0.15, -0.1) is 0 Å². The molecule has 2 amide bonds. The number of hydrogen-bond donors (Lipinski definition) is 2. The van der Waals surface area contributed by atoms with Gasteiger partial charge in [0.25, 0.3) is 5.91 Å². The summed E-state index contributed by atoms with van der Waals surface area (Å²) in [6, 6.07) is 17.8. The van der Waals surface area contributed by atoms with E-state index in [1.54, 1.807) is 43.8 Å². The fraction of sp³-hybridized carbons (Fsp3) is 0.269. The first-order valence-electron chi connectivity index (χ1n) is 10.8. The second-order valence-electron chi connectivity index (χ2n) is 7.79. The zero-order valence-corrected chi connectivity index (χ0v) is 19.1. The van der Waals surface area contributed by atoms with Crippen LogP contribution in [0.5, 0.6) is 11.5 Å². The van der Waals surface area contributed by atoms with Gasteiger partial charge in [-0.2, -0.15) is 0 Å². The molecule has 0 saturated carbocycles. The van der Waals surface area contributed by atoms with Gasteiger partial charge in [0.15, 0.2) is 11.5 Å². The Labute approximate surface area is 194 Å². The average Bonchev–Trinajstić information content (AvgIpc) is 2.83. The molecular weight excluding hydrogens is 418 g/mol. The molecule has 0 radical (unpaired) electrons. The lowest BCUT2D eigenvalue weighted by Crippen LogP contribution is -2.37. The Morgan fingerprint density at radius 2 is 1.67 bits per heavy atom. The minimum atomic E-state index is -0.302. The van der Waals surface area contributed by atoms with Crippen molar-refractivity contribution in [2.24, 2.45) is 0 Å². The van der Waals surface area contributed by atoms with Crippen LogP contribution in [0, 0.1) is 0 Å². The van der Waals surface area contributed by atoms with Crippen molar-refractivity contribution in [3.05, 3.63) is 89.7 Å². The van der Waals surface area contributed by atoms with Crippen LogP contribution in [0.2, 0.25) is 0 Å². The van der Waals surface area contributed by atoms with Crippen molar-refractivity contribution in [1.82, 2.24) is 15.6 Å². The highest BCUT2D eigenvalue weighted by molar-refractivity contribution is 5.94. The van der Waals surface area contributed by atoms with Gasteiger partial charge in [-0.3, -0.25) is 14.6 Å². The molecule has 0 fully saturated rings. The van der Waals surface area contributed by atoms with Gasteiger partial charge < -0.3 is 20.1 Å². The molecule has 3 rings (SSSR count). The number of benzene rings is 2. The minimum Gasteiger partial charge on any atom is -0.493 e. The van der Waals surface area contributed by atoms with Crippen molar-refractivity contribution in [3.63, 3.8) is 0 Å². The molecule has 0 bridgehead atoms. The van der Waals surface area contributed by atoms with Crippen LogP contribution in [0.1, 0.15) is 47.8 Å². The molecule has 0 saturated heterocycles. The first kappa shape index (κ1) is 23.8. The SMILES string of the molecule is COc1cc(C(C)NC(=O)CC(C)NC(=O)c2ccccc2)ccc1OCc1ccncc1. The predicted octanol–water partition coefficient (Wildman–Crippen LogP) is 4.06. The Hall–Kier alpha value is -3.87. The van der Waals surface area contributed by atoms with Crippen LogP contribution in [0.25, 0.3) is 0 Å². The van der Waals surface area contributed by atoms with Crippen molar-refractivity contribution >= 4 is 11.8 Å². The third-order valence-electron chi connectivity index (χ3n) is 5.11. The molecule has 33 heavy (non-hydrogen) atoms. The maximum Gasteiger partial charge on any atom is 0.251 e. The molecule has 0 aliphatic carbocycles. The number of pyridine rings is 1. The molecule has 7 nitrogen and oxygen atoms in total. The summed E-state index contributed by atoms with van der Waals surface area (Å²) in [5, 5.41) is 5.83. The summed E-state index contributed by atoms with van der Waals surface area (Å²) in [5.41, 5.74) is 2.46. The summed E-state index contributed by atoms with van der Waals surface area (Å²) >= 11 is 0. The molecule has 0 aliphatic rings. The fourth-order valence-electron chi connectivity index (χ4n) is 3.32. The number of carbonyl (C=O) groups is 2. The standard InChI is InChI=1S/C26H29N3O4/c1-18(28-26(31)21-7-5-4-6-8-21)15-25(30)29-19(2)22-9-10-23(24(16-22)32-3)33-17-20-11-13-27-14-12-20/h4-14,16,18-19H,15,17H2,1-3H3,(H,28,31)(H,29,30). The van der Waals surface area contributed by atoms with Gasteiger partial charge in [0.1, 0.15) is 6.61 Å². The van der Waals surface area contributed by atoms with Crippen LogP contribution in [0.15, 0.2) is 73.1 Å². The Balaban J connectivity index is 1.53. The molecule has 2 aromatic carbocycles. The van der Waals surface area contributed by atoms with Crippen molar-refractivity contribution in [1.29, 1.82) is 0 Å². The molecule has 172 valence electrons. The van der Waals surface area contributed by atoms with E-state index in [0.717, 1.165) is 11.1 Å². The fourth-order valence-corrected chi connectivity index (χ4v) is 3.32. The first-order chi connectivity index (χ1) is 16.0. The van der Waals surface area contributed by atoms with E-state index in [-0.39, 0.29) is 30.3 Å². The van der Waals surface area contributed by atoms with Crippen LogP contribution in [0.3, 0.4) is 0 Å². The monoisotopic (exact) mass is 447 g/mol. The van der Waals surface area contributed by atoms with Gasteiger partial charge in [-0.25, -0.2) is 0 Å². The van der Waals surface area contributed by atoms with Gasteiger partial charge in [-0.05, 0) is 61.4 Å². The summed E-state index contributed by atoms with van der Waals surface area (Å²) in [4.78, 5) is 28.8. The maximum atomic E-state index is 12.5. The van der Waals surface area contributed by atoms with Crippen molar-refractivity contribution in [2.45, 2.75) is 39.0 Å². The predicted molar refractivity (Wildman–Crippen MR) is 126 cm³/mol. The lowest BCUT2D eigenvalue weighted by Gasteiger charge is -2.19. The van der Waals surface area contributed by atoms with E-state index in [1.165, 1.54) is 0 Å². The molecule has 2 atom stereocenters. The van der Waals surface area contributed by atoms with Crippen LogP contribution in [-0.2, 0) is 11.4 Å². The zero-order valence-electron chi connectivity index (χ0n) is 19.1. The quantitative estimate of drug-likeness (QED) is 0.489. The van der Waals surface area contributed by atoms with Gasteiger partial charge >= 0.3 is 0 Å². The highest BCUT2D eigenvalue weighted by Crippen LogP contribution is 2.31. The zero-order chi connectivity index (χ0) is 23.6. The number of aromatic nitrogens is 1. The van der Waals surface area contributed by atoms with Crippen LogP contribution < -0.4 is 20.1 Å². The Bertz CT molecular complexity index is 1060. The first-order valence-corrected chi connectivity index (χ1v) is 10.8. The molecule has 2 N–H and O–H groups in total. The Morgan fingerprint density at radius 3 is 2.36 bits per heavy atom. The molecule has 1 heterocycles. The molecule has 0 aliphatic heterocycles. The summed E-state index contributed by atoms with van der Waals surface area (Å²) in [7, 11) is 1.58. The van der Waals surface area contributed by atoms with Gasteiger partial charge in [0, 0.05) is 30.4 Å². The molecular formula is C26H29N3O4. The second-order valence-corrected chi connectivity index (χ2v) is 7.79. The number of carbonyl (C=O) groups excluding carboxylic acids is 2. The number of nitrogens with one attached hydrogen (secondary N) is 2. The molecule has 3 aromatic rings. The summed E-state index contributed by atoms with van der Waals surface area (Å²) in [6.45, 7) is 4.11. The number of ether oxygens (including phenoxy) is 2. The highest BCUT2D eigenvalue weighted by Gasteiger charge is 2.17. The van der Waals surface area contributed by atoms with E-state index in [9.17, 15) is 9.59 Å². The van der Waals surface area contributed by atoms with Crippen LogP contribution >= 0.6 is 0 Å². The van der Waals surface area contributed by atoms with Crippen LogP contribution in [-0.4, -0.2) is 29.9 Å². The molecule has 2 unspecified atom stereocenters. The average molecular weight is 448 g/mol. The number of rotatable bonds is 10. The lowest BCUT2D eigenvalue weighted by molar-refractivity contribution is -0.122. The normalized spacial score (nSPS) is 12.3. The van der Waals surface area contributed by atoms with Crippen molar-refractivity contribution in [2.75, 3.05) is 7.11 Å². The van der Waals surface area contributed by atoms with Gasteiger partial charge in [-0.1, -0.05) is 24.3 Å². The van der Waals surface area contributed by atoms with Crippen molar-refractivity contribution in [3.8, 4) is 11.5 Å². The molecule has 7 heteroatoms. The van der Waals surface area contributed by atoms with E-state index in [4.69, 9.17) is 9.47 Å².